The van der Waals surface area contributed by atoms with Crippen LogP contribution in [0.1, 0.15) is 6.92 Å². The predicted molar refractivity (Wildman–Crippen MR) is 91.8 cm³/mol. The smallest absolute Gasteiger partial charge is 0.326 e. The molecule has 0 spiro atoms. The van der Waals surface area contributed by atoms with Gasteiger partial charge in [-0.05, 0) is 42.8 Å². The summed E-state index contributed by atoms with van der Waals surface area (Å²) >= 11 is 1.34. The van der Waals surface area contributed by atoms with Crippen molar-refractivity contribution >= 4 is 27.4 Å². The van der Waals surface area contributed by atoms with Crippen molar-refractivity contribution in [3.63, 3.8) is 0 Å². The maximum atomic E-state index is 11.6. The van der Waals surface area contributed by atoms with Crippen LogP contribution in [0.15, 0.2) is 30.3 Å². The molecule has 0 fully saturated rings. The average molecular weight is 347 g/mol. The van der Waals surface area contributed by atoms with Gasteiger partial charge in [0.05, 0.1) is 19.1 Å². The van der Waals surface area contributed by atoms with Crippen LogP contribution in [0, 0.1) is 0 Å². The van der Waals surface area contributed by atoms with E-state index >= 15 is 0 Å². The third-order valence-electron chi connectivity index (χ3n) is 3.65. The fourth-order valence-electron chi connectivity index (χ4n) is 2.47. The minimum Gasteiger partial charge on any atom is -0.497 e. The molecule has 6 nitrogen and oxygen atoms in total. The second-order valence-electron chi connectivity index (χ2n) is 5.12. The van der Waals surface area contributed by atoms with Gasteiger partial charge in [-0.3, -0.25) is 9.36 Å². The first-order chi connectivity index (χ1) is 11.5. The Balaban J connectivity index is 1.97. The zero-order chi connectivity index (χ0) is 17.3. The van der Waals surface area contributed by atoms with Gasteiger partial charge < -0.3 is 19.7 Å². The van der Waals surface area contributed by atoms with Crippen LogP contribution in [0.4, 0.5) is 0 Å². The number of benzene rings is 1. The van der Waals surface area contributed by atoms with Gasteiger partial charge in [0.1, 0.15) is 17.0 Å². The van der Waals surface area contributed by atoms with E-state index in [4.69, 9.17) is 9.47 Å². The van der Waals surface area contributed by atoms with Crippen molar-refractivity contribution in [1.29, 1.82) is 0 Å². The second-order valence-corrected chi connectivity index (χ2v) is 6.17. The molecule has 0 aliphatic heterocycles. The van der Waals surface area contributed by atoms with Gasteiger partial charge in [0, 0.05) is 4.88 Å². The lowest BCUT2D eigenvalue weighted by atomic mass is 10.2. The molecule has 2 N–H and O–H groups in total. The molecule has 1 aromatic carbocycles. The Hall–Kier alpha value is -2.67. The van der Waals surface area contributed by atoms with E-state index in [2.05, 4.69) is 0 Å². The van der Waals surface area contributed by atoms with E-state index in [9.17, 15) is 15.0 Å². The number of rotatable bonds is 5. The minimum atomic E-state index is -0.513. The first-order valence-electron chi connectivity index (χ1n) is 7.39. The molecule has 0 atom stereocenters. The molecular formula is C17H17NO5S. The first kappa shape index (κ1) is 16.2. The predicted octanol–water partition coefficient (Wildman–Crippen LogP) is 3.35. The fraction of sp³-hybridized carbons (Fsp3) is 0.235. The van der Waals surface area contributed by atoms with Crippen LogP contribution >= 0.6 is 11.3 Å². The number of carbonyl (C=O) groups excluding carboxylic acids is 1. The molecule has 0 saturated heterocycles. The highest BCUT2D eigenvalue weighted by Crippen LogP contribution is 2.44. The van der Waals surface area contributed by atoms with Crippen LogP contribution in [0.5, 0.6) is 17.5 Å². The summed E-state index contributed by atoms with van der Waals surface area (Å²) in [5.41, 5.74) is 0.952. The Morgan fingerprint density at radius 3 is 2.50 bits per heavy atom. The molecule has 0 saturated carbocycles. The highest BCUT2D eigenvalue weighted by Gasteiger charge is 2.21. The molecule has 0 aliphatic rings. The summed E-state index contributed by atoms with van der Waals surface area (Å²) in [5, 5.41) is 21.1. The number of ether oxygens (including phenoxy) is 2. The van der Waals surface area contributed by atoms with E-state index in [0.29, 0.717) is 10.1 Å². The monoisotopic (exact) mass is 347 g/mol. The molecule has 3 aromatic rings. The molecule has 2 aromatic heterocycles. The maximum absolute atomic E-state index is 11.6. The van der Waals surface area contributed by atoms with E-state index in [1.807, 2.05) is 24.3 Å². The maximum Gasteiger partial charge on any atom is 0.326 e. The highest BCUT2D eigenvalue weighted by atomic mass is 32.1. The van der Waals surface area contributed by atoms with E-state index < -0.39 is 5.97 Å². The molecule has 126 valence electrons. The van der Waals surface area contributed by atoms with Gasteiger partial charge >= 0.3 is 5.97 Å². The van der Waals surface area contributed by atoms with Crippen molar-refractivity contribution in [2.45, 2.75) is 13.5 Å². The number of thiophene rings is 1. The van der Waals surface area contributed by atoms with Crippen LogP contribution in [-0.4, -0.2) is 34.5 Å². The van der Waals surface area contributed by atoms with Crippen molar-refractivity contribution in [3.8, 4) is 28.0 Å². The molecular weight excluding hydrogens is 330 g/mol. The topological polar surface area (TPSA) is 80.9 Å². The number of fused-ring (bicyclic) bond motifs is 1. The standard InChI is InChI=1S/C17H17NO5S/c1-3-23-14(19)9-18-16(20)12-8-13(24-15(12)17(18)21)10-4-6-11(22-2)7-5-10/h4-8,20-21H,3,9H2,1-2H3. The molecule has 0 amide bonds. The molecule has 24 heavy (non-hydrogen) atoms. The normalized spacial score (nSPS) is 10.9. The van der Waals surface area contributed by atoms with Crippen molar-refractivity contribution in [3.05, 3.63) is 30.3 Å². The zero-order valence-electron chi connectivity index (χ0n) is 13.3. The Morgan fingerprint density at radius 1 is 1.21 bits per heavy atom. The van der Waals surface area contributed by atoms with Crippen molar-refractivity contribution in [1.82, 2.24) is 4.57 Å². The van der Waals surface area contributed by atoms with Crippen molar-refractivity contribution in [2.24, 2.45) is 0 Å². The average Bonchev–Trinajstić information content (AvgIpc) is 3.11. The number of aromatic hydroxyl groups is 2. The lowest BCUT2D eigenvalue weighted by molar-refractivity contribution is -0.144. The Morgan fingerprint density at radius 2 is 1.92 bits per heavy atom. The second kappa shape index (κ2) is 6.45. The Bertz CT molecular complexity index is 841. The molecule has 0 radical (unpaired) electrons. The summed E-state index contributed by atoms with van der Waals surface area (Å²) in [5.74, 6) is -0.0414. The Labute approximate surface area is 142 Å². The summed E-state index contributed by atoms with van der Waals surface area (Å²) in [6.07, 6.45) is 0. The summed E-state index contributed by atoms with van der Waals surface area (Å²) in [6.45, 7) is 1.72. The zero-order valence-corrected chi connectivity index (χ0v) is 14.1. The first-order valence-corrected chi connectivity index (χ1v) is 8.20. The van der Waals surface area contributed by atoms with Gasteiger partial charge in [-0.15, -0.1) is 11.3 Å². The molecule has 2 heterocycles. The minimum absolute atomic E-state index is 0.139. The number of esters is 1. The van der Waals surface area contributed by atoms with E-state index in [1.165, 1.54) is 11.3 Å². The van der Waals surface area contributed by atoms with Crippen LogP contribution in [0.2, 0.25) is 0 Å². The molecule has 7 heteroatoms. The lowest BCUT2D eigenvalue weighted by Gasteiger charge is -2.06. The fourth-order valence-corrected chi connectivity index (χ4v) is 3.59. The third-order valence-corrected chi connectivity index (χ3v) is 4.83. The Kier molecular flexibility index (Phi) is 4.35. The number of hydrogen-bond donors (Lipinski definition) is 2. The summed E-state index contributed by atoms with van der Waals surface area (Å²) < 4.78 is 11.7. The molecule has 0 unspecified atom stereocenters. The van der Waals surface area contributed by atoms with Crippen LogP contribution in [-0.2, 0) is 16.1 Å². The van der Waals surface area contributed by atoms with Gasteiger partial charge in [0.15, 0.2) is 0 Å². The number of carbonyl (C=O) groups is 1. The third kappa shape index (κ3) is 2.78. The molecule has 0 aliphatic carbocycles. The van der Waals surface area contributed by atoms with Crippen molar-refractivity contribution in [2.75, 3.05) is 13.7 Å². The van der Waals surface area contributed by atoms with Gasteiger partial charge in [0.25, 0.3) is 0 Å². The van der Waals surface area contributed by atoms with E-state index in [0.717, 1.165) is 20.8 Å². The van der Waals surface area contributed by atoms with Gasteiger partial charge in [0.2, 0.25) is 11.8 Å². The number of nitrogens with zero attached hydrogens (tertiary/aromatic N) is 1. The van der Waals surface area contributed by atoms with Gasteiger partial charge in [-0.1, -0.05) is 0 Å². The van der Waals surface area contributed by atoms with Crippen LogP contribution in [0.25, 0.3) is 20.5 Å². The lowest BCUT2D eigenvalue weighted by Crippen LogP contribution is -2.12. The molecule has 0 bridgehead atoms. The largest absolute Gasteiger partial charge is 0.497 e. The summed E-state index contributed by atoms with van der Waals surface area (Å²) in [4.78, 5) is 12.5. The highest BCUT2D eigenvalue weighted by molar-refractivity contribution is 7.22. The van der Waals surface area contributed by atoms with Crippen molar-refractivity contribution < 1.29 is 24.5 Å². The van der Waals surface area contributed by atoms with E-state index in [-0.39, 0.29) is 24.9 Å². The number of hydrogen-bond acceptors (Lipinski definition) is 6. The number of methoxy groups -OCH3 is 1. The van der Waals surface area contributed by atoms with E-state index in [1.54, 1.807) is 20.1 Å². The van der Waals surface area contributed by atoms with Crippen LogP contribution in [0.3, 0.4) is 0 Å². The molecule has 3 rings (SSSR count). The summed E-state index contributed by atoms with van der Waals surface area (Å²) in [7, 11) is 1.60. The quantitative estimate of drug-likeness (QED) is 0.692. The summed E-state index contributed by atoms with van der Waals surface area (Å²) in [6, 6.07) is 9.30. The number of aromatic nitrogens is 1. The van der Waals surface area contributed by atoms with Crippen LogP contribution < -0.4 is 4.74 Å². The van der Waals surface area contributed by atoms with Gasteiger partial charge in [-0.2, -0.15) is 0 Å². The van der Waals surface area contributed by atoms with Gasteiger partial charge in [-0.25, -0.2) is 0 Å². The SMILES string of the molecule is CCOC(=O)Cn1c(O)c2cc(-c3ccc(OC)cc3)sc2c1O.